The van der Waals surface area contributed by atoms with Crippen molar-refractivity contribution in [1.29, 1.82) is 0 Å². The van der Waals surface area contributed by atoms with Gasteiger partial charge in [-0.1, -0.05) is 42.0 Å². The van der Waals surface area contributed by atoms with E-state index in [4.69, 9.17) is 0 Å². The Bertz CT molecular complexity index is 1210. The molecule has 1 aliphatic heterocycles. The topological polar surface area (TPSA) is 23.6 Å². The van der Waals surface area contributed by atoms with Gasteiger partial charge in [0, 0.05) is 43.7 Å². The number of nitrogens with zero attached hydrogens (tertiary/aromatic N) is 2. The Balaban J connectivity index is 1.56. The molecule has 3 aromatic rings. The van der Waals surface area contributed by atoms with Crippen molar-refractivity contribution in [3.63, 3.8) is 0 Å². The molecule has 4 rings (SSSR count). The highest BCUT2D eigenvalue weighted by atomic mass is 19.4. The number of carbonyl (C=O) groups is 1. The lowest BCUT2D eigenvalue weighted by Crippen LogP contribution is -2.42. The summed E-state index contributed by atoms with van der Waals surface area (Å²) >= 11 is 0. The summed E-state index contributed by atoms with van der Waals surface area (Å²) in [5, 5.41) is 0. The molecule has 7 heteroatoms. The number of halogens is 4. The maximum absolute atomic E-state index is 14.1. The maximum Gasteiger partial charge on any atom is 0.416 e. The van der Waals surface area contributed by atoms with Crippen LogP contribution < -0.4 is 0 Å². The van der Waals surface area contributed by atoms with Crippen LogP contribution >= 0.6 is 0 Å². The third-order valence-electron chi connectivity index (χ3n) is 7.09. The zero-order chi connectivity index (χ0) is 26.7. The molecule has 3 nitrogen and oxygen atoms in total. The fraction of sp³-hybridized carbons (Fsp3) is 0.367. The Labute approximate surface area is 215 Å². The molecule has 1 heterocycles. The Morgan fingerprint density at radius 1 is 1.00 bits per heavy atom. The Morgan fingerprint density at radius 3 is 2.27 bits per heavy atom. The Hall–Kier alpha value is -3.19. The molecule has 0 N–H and O–H groups in total. The number of hydrogen-bond donors (Lipinski definition) is 0. The lowest BCUT2D eigenvalue weighted by Gasteiger charge is -2.32. The van der Waals surface area contributed by atoms with Crippen LogP contribution in [0.2, 0.25) is 0 Å². The van der Waals surface area contributed by atoms with Gasteiger partial charge in [-0.15, -0.1) is 0 Å². The van der Waals surface area contributed by atoms with Gasteiger partial charge in [0.05, 0.1) is 5.56 Å². The molecule has 1 saturated heterocycles. The first-order valence-corrected chi connectivity index (χ1v) is 12.5. The third kappa shape index (κ3) is 6.58. The van der Waals surface area contributed by atoms with E-state index in [1.807, 2.05) is 56.0 Å². The van der Waals surface area contributed by atoms with Gasteiger partial charge in [0.15, 0.2) is 0 Å². The highest BCUT2D eigenvalue weighted by Crippen LogP contribution is 2.35. The van der Waals surface area contributed by atoms with Crippen LogP contribution in [0.25, 0.3) is 0 Å². The zero-order valence-corrected chi connectivity index (χ0v) is 21.3. The van der Waals surface area contributed by atoms with Gasteiger partial charge >= 0.3 is 6.18 Å². The fourth-order valence-electron chi connectivity index (χ4n) is 5.09. The number of alkyl halides is 3. The molecule has 0 radical (unpaired) electrons. The molecule has 0 aromatic heterocycles. The van der Waals surface area contributed by atoms with Crippen LogP contribution in [0.1, 0.15) is 52.4 Å². The Kier molecular flexibility index (Phi) is 8.02. The van der Waals surface area contributed by atoms with Gasteiger partial charge in [-0.2, -0.15) is 13.2 Å². The minimum Gasteiger partial charge on any atom is -0.336 e. The third-order valence-corrected chi connectivity index (χ3v) is 7.09. The lowest BCUT2D eigenvalue weighted by molar-refractivity contribution is -0.137. The van der Waals surface area contributed by atoms with E-state index in [2.05, 4.69) is 4.90 Å². The monoisotopic (exact) mass is 512 g/mol. The summed E-state index contributed by atoms with van der Waals surface area (Å²) in [6.45, 7) is 8.19. The second-order valence-electron chi connectivity index (χ2n) is 10.2. The lowest BCUT2D eigenvalue weighted by atomic mass is 9.88. The molecule has 0 bridgehead atoms. The molecular formula is C30H32F4N2O. The van der Waals surface area contributed by atoms with Crippen LogP contribution in [0, 0.1) is 18.7 Å². The van der Waals surface area contributed by atoms with E-state index >= 15 is 0 Å². The molecule has 0 saturated carbocycles. The highest BCUT2D eigenvalue weighted by molar-refractivity contribution is 5.94. The molecule has 1 fully saturated rings. The van der Waals surface area contributed by atoms with Crippen molar-refractivity contribution >= 4 is 5.91 Å². The van der Waals surface area contributed by atoms with Gasteiger partial charge in [0.2, 0.25) is 0 Å². The first-order valence-electron chi connectivity index (χ1n) is 12.5. The van der Waals surface area contributed by atoms with E-state index in [-0.39, 0.29) is 29.6 Å². The van der Waals surface area contributed by atoms with Gasteiger partial charge in [0.25, 0.3) is 5.91 Å². The minimum atomic E-state index is -4.37. The van der Waals surface area contributed by atoms with Crippen LogP contribution in [0.5, 0.6) is 0 Å². The molecule has 0 spiro atoms. The van der Waals surface area contributed by atoms with Crippen molar-refractivity contribution in [2.24, 2.45) is 5.92 Å². The van der Waals surface area contributed by atoms with Crippen molar-refractivity contribution in [2.75, 3.05) is 19.6 Å². The smallest absolute Gasteiger partial charge is 0.336 e. The quantitative estimate of drug-likeness (QED) is 0.321. The van der Waals surface area contributed by atoms with Crippen molar-refractivity contribution in [2.45, 2.75) is 45.5 Å². The number of amides is 1. The van der Waals surface area contributed by atoms with Crippen LogP contribution in [-0.4, -0.2) is 41.4 Å². The summed E-state index contributed by atoms with van der Waals surface area (Å²) in [5.41, 5.74) is 2.68. The summed E-state index contributed by atoms with van der Waals surface area (Å²) in [6, 6.07) is 19.3. The minimum absolute atomic E-state index is 0.0165. The van der Waals surface area contributed by atoms with E-state index in [9.17, 15) is 22.4 Å². The van der Waals surface area contributed by atoms with E-state index in [0.29, 0.717) is 31.7 Å². The molecule has 37 heavy (non-hydrogen) atoms. The van der Waals surface area contributed by atoms with Crippen LogP contribution in [0.15, 0.2) is 72.8 Å². The zero-order valence-electron chi connectivity index (χ0n) is 21.3. The molecule has 0 aliphatic carbocycles. The van der Waals surface area contributed by atoms with Crippen LogP contribution in [0.4, 0.5) is 17.6 Å². The number of benzene rings is 3. The number of likely N-dealkylation sites (tertiary alicyclic amines) is 1. The van der Waals surface area contributed by atoms with Gasteiger partial charge in [0.1, 0.15) is 5.82 Å². The van der Waals surface area contributed by atoms with E-state index < -0.39 is 11.7 Å². The number of hydrogen-bond acceptors (Lipinski definition) is 2. The SMILES string of the molecule is Cc1ccc(C(=O)N(CC2CN(Cc3ccc(C(F)(F)F)cc3)CC2c2cccc(F)c2)C(C)C)cc1. The molecule has 1 amide bonds. The first kappa shape index (κ1) is 26.9. The van der Waals surface area contributed by atoms with Crippen molar-refractivity contribution < 1.29 is 22.4 Å². The van der Waals surface area contributed by atoms with Crippen molar-refractivity contribution in [1.82, 2.24) is 9.80 Å². The van der Waals surface area contributed by atoms with Gasteiger partial charge in [-0.3, -0.25) is 9.69 Å². The number of aryl methyl sites for hydroxylation is 1. The standard InChI is InChI=1S/C30H32F4N2O/c1-20(2)36(29(37)23-11-7-21(3)8-12-23)18-25-17-35(19-28(25)24-5-4-6-27(31)15-24)16-22-9-13-26(14-10-22)30(32,33)34/h4-15,20,25,28H,16-19H2,1-3H3. The van der Waals surface area contributed by atoms with Crippen LogP contribution in [0.3, 0.4) is 0 Å². The first-order chi connectivity index (χ1) is 17.5. The summed E-state index contributed by atoms with van der Waals surface area (Å²) < 4.78 is 53.0. The van der Waals surface area contributed by atoms with Gasteiger partial charge in [-0.05, 0) is 74.2 Å². The molecule has 2 unspecified atom stereocenters. The summed E-state index contributed by atoms with van der Waals surface area (Å²) in [5.74, 6) is -0.340. The molecular weight excluding hydrogens is 480 g/mol. The molecule has 3 aromatic carbocycles. The average Bonchev–Trinajstić information content (AvgIpc) is 3.24. The van der Waals surface area contributed by atoms with Gasteiger partial charge < -0.3 is 4.90 Å². The summed E-state index contributed by atoms with van der Waals surface area (Å²) in [7, 11) is 0. The molecule has 2 atom stereocenters. The summed E-state index contributed by atoms with van der Waals surface area (Å²) in [6.07, 6.45) is -4.37. The van der Waals surface area contributed by atoms with Gasteiger partial charge in [-0.25, -0.2) is 4.39 Å². The van der Waals surface area contributed by atoms with E-state index in [0.717, 1.165) is 28.8 Å². The maximum atomic E-state index is 14.1. The van der Waals surface area contributed by atoms with E-state index in [1.165, 1.54) is 18.2 Å². The molecule has 196 valence electrons. The Morgan fingerprint density at radius 2 is 1.68 bits per heavy atom. The fourth-order valence-corrected chi connectivity index (χ4v) is 5.09. The second-order valence-corrected chi connectivity index (χ2v) is 10.2. The van der Waals surface area contributed by atoms with Crippen molar-refractivity contribution in [3.05, 3.63) is 106 Å². The predicted octanol–water partition coefficient (Wildman–Crippen LogP) is 6.92. The highest BCUT2D eigenvalue weighted by Gasteiger charge is 2.37. The van der Waals surface area contributed by atoms with Crippen LogP contribution in [-0.2, 0) is 12.7 Å². The second kappa shape index (κ2) is 11.1. The molecule has 1 aliphatic rings. The van der Waals surface area contributed by atoms with E-state index in [1.54, 1.807) is 12.1 Å². The van der Waals surface area contributed by atoms with Crippen molar-refractivity contribution in [3.8, 4) is 0 Å². The summed E-state index contributed by atoms with van der Waals surface area (Å²) in [4.78, 5) is 17.5. The number of rotatable bonds is 7. The largest absolute Gasteiger partial charge is 0.416 e. The number of carbonyl (C=O) groups excluding carboxylic acids is 1. The predicted molar refractivity (Wildman–Crippen MR) is 137 cm³/mol. The average molecular weight is 513 g/mol. The normalized spacial score (nSPS) is 18.4.